The molecule has 0 saturated carbocycles. The quantitative estimate of drug-likeness (QED) is 0.495. The lowest BCUT2D eigenvalue weighted by Gasteiger charge is -2.47. The predicted molar refractivity (Wildman–Crippen MR) is 122 cm³/mol. The van der Waals surface area contributed by atoms with E-state index in [0.717, 1.165) is 42.9 Å². The molecule has 4 rings (SSSR count). The zero-order valence-corrected chi connectivity index (χ0v) is 20.3. The SMILES string of the molecule is Fc1cccc(CN2CC3(CC(OCc4cccnc4)CS3)C2)c1.O=C(O)C(F)(F)F.O=C(O)C(F)(F)F. The van der Waals surface area contributed by atoms with E-state index < -0.39 is 24.3 Å². The van der Waals surface area contributed by atoms with Crippen LogP contribution in [0.2, 0.25) is 0 Å². The fraction of sp³-hybridized carbons (Fsp3) is 0.435. The first-order valence-electron chi connectivity index (χ1n) is 10.8. The van der Waals surface area contributed by atoms with E-state index in [1.54, 1.807) is 18.3 Å². The van der Waals surface area contributed by atoms with Gasteiger partial charge in [0.1, 0.15) is 5.82 Å². The molecule has 210 valence electrons. The number of carboxylic acid groups (broad SMARTS) is 2. The summed E-state index contributed by atoms with van der Waals surface area (Å²) >= 11 is 2.04. The number of aromatic nitrogens is 1. The number of rotatable bonds is 5. The number of thioether (sulfide) groups is 1. The summed E-state index contributed by atoms with van der Waals surface area (Å²) in [6.07, 6.45) is -5.09. The van der Waals surface area contributed by atoms with Gasteiger partial charge in [0.05, 0.1) is 12.7 Å². The topological polar surface area (TPSA) is 100.0 Å². The number of alkyl halides is 6. The second-order valence-corrected chi connectivity index (χ2v) is 9.86. The zero-order valence-electron chi connectivity index (χ0n) is 19.5. The van der Waals surface area contributed by atoms with Crippen molar-refractivity contribution in [2.24, 2.45) is 0 Å². The summed E-state index contributed by atoms with van der Waals surface area (Å²) in [5, 5.41) is 14.2. The fourth-order valence-corrected chi connectivity index (χ4v) is 5.21. The van der Waals surface area contributed by atoms with E-state index in [-0.39, 0.29) is 5.82 Å². The summed E-state index contributed by atoms with van der Waals surface area (Å²) in [4.78, 5) is 24.3. The Morgan fingerprint density at radius 1 is 1.03 bits per heavy atom. The number of carboxylic acids is 2. The van der Waals surface area contributed by atoms with Crippen LogP contribution >= 0.6 is 11.8 Å². The number of benzene rings is 1. The Labute approximate surface area is 216 Å². The van der Waals surface area contributed by atoms with Gasteiger partial charge < -0.3 is 14.9 Å². The van der Waals surface area contributed by atoms with Crippen LogP contribution in [-0.4, -0.2) is 74.1 Å². The first-order chi connectivity index (χ1) is 17.6. The van der Waals surface area contributed by atoms with Crippen LogP contribution in [0.15, 0.2) is 48.8 Å². The second-order valence-electron chi connectivity index (χ2n) is 8.37. The zero-order chi connectivity index (χ0) is 28.6. The van der Waals surface area contributed by atoms with Gasteiger partial charge in [0.25, 0.3) is 0 Å². The molecule has 0 bridgehead atoms. The molecule has 1 unspecified atom stereocenters. The highest BCUT2D eigenvalue weighted by molar-refractivity contribution is 8.01. The highest BCUT2D eigenvalue weighted by Crippen LogP contribution is 2.46. The van der Waals surface area contributed by atoms with Crippen LogP contribution in [0.4, 0.5) is 30.7 Å². The molecular weight excluding hydrogens is 549 g/mol. The van der Waals surface area contributed by atoms with Gasteiger partial charge in [0.2, 0.25) is 0 Å². The smallest absolute Gasteiger partial charge is 0.475 e. The van der Waals surface area contributed by atoms with Crippen molar-refractivity contribution >= 4 is 23.7 Å². The molecule has 0 radical (unpaired) electrons. The van der Waals surface area contributed by atoms with E-state index in [4.69, 9.17) is 24.5 Å². The van der Waals surface area contributed by atoms with Crippen LogP contribution in [0.5, 0.6) is 0 Å². The van der Waals surface area contributed by atoms with Crippen LogP contribution in [0.25, 0.3) is 0 Å². The van der Waals surface area contributed by atoms with Gasteiger partial charge >= 0.3 is 24.3 Å². The van der Waals surface area contributed by atoms with Crippen molar-refractivity contribution in [3.05, 3.63) is 65.7 Å². The van der Waals surface area contributed by atoms with Crippen molar-refractivity contribution in [3.8, 4) is 0 Å². The lowest BCUT2D eigenvalue weighted by atomic mass is 9.92. The normalized spacial score (nSPS) is 18.4. The first-order valence-corrected chi connectivity index (χ1v) is 11.8. The number of ether oxygens (including phenoxy) is 1. The molecule has 7 nitrogen and oxygen atoms in total. The molecule has 1 spiro atoms. The Kier molecular flexibility index (Phi) is 10.9. The van der Waals surface area contributed by atoms with Gasteiger partial charge in [-0.1, -0.05) is 18.2 Å². The third-order valence-electron chi connectivity index (χ3n) is 5.19. The molecule has 2 N–H and O–H groups in total. The highest BCUT2D eigenvalue weighted by atomic mass is 32.2. The maximum atomic E-state index is 13.3. The van der Waals surface area contributed by atoms with Gasteiger partial charge in [0.15, 0.2) is 0 Å². The molecular formula is C23H23F7N2O5S. The molecule has 3 heterocycles. The Hall–Kier alpha value is -2.91. The van der Waals surface area contributed by atoms with Crippen LogP contribution < -0.4 is 0 Å². The van der Waals surface area contributed by atoms with Gasteiger partial charge in [-0.05, 0) is 35.7 Å². The van der Waals surface area contributed by atoms with Gasteiger partial charge in [-0.3, -0.25) is 9.88 Å². The lowest BCUT2D eigenvalue weighted by molar-refractivity contribution is -0.193. The molecule has 1 aromatic heterocycles. The maximum Gasteiger partial charge on any atom is 0.490 e. The molecule has 15 heteroatoms. The molecule has 1 atom stereocenters. The molecule has 0 aliphatic carbocycles. The average molecular weight is 572 g/mol. The fourth-order valence-electron chi connectivity index (χ4n) is 3.60. The monoisotopic (exact) mass is 572 g/mol. The molecule has 2 saturated heterocycles. The number of aliphatic carboxylic acids is 2. The summed E-state index contributed by atoms with van der Waals surface area (Å²) in [7, 11) is 0. The van der Waals surface area contributed by atoms with E-state index in [0.29, 0.717) is 17.5 Å². The highest BCUT2D eigenvalue weighted by Gasteiger charge is 2.49. The lowest BCUT2D eigenvalue weighted by Crippen LogP contribution is -2.58. The minimum Gasteiger partial charge on any atom is -0.475 e. The minimum atomic E-state index is -5.08. The Bertz CT molecular complexity index is 1040. The number of hydrogen-bond donors (Lipinski definition) is 2. The van der Waals surface area contributed by atoms with E-state index in [9.17, 15) is 30.7 Å². The van der Waals surface area contributed by atoms with Gasteiger partial charge in [-0.15, -0.1) is 11.8 Å². The third kappa shape index (κ3) is 10.5. The summed E-state index contributed by atoms with van der Waals surface area (Å²) in [5.41, 5.74) is 2.18. The summed E-state index contributed by atoms with van der Waals surface area (Å²) in [6.45, 7) is 3.62. The van der Waals surface area contributed by atoms with Crippen LogP contribution in [0, 0.1) is 5.82 Å². The van der Waals surface area contributed by atoms with Gasteiger partial charge in [-0.25, -0.2) is 14.0 Å². The molecule has 2 aliphatic heterocycles. The second kappa shape index (κ2) is 13.2. The molecule has 2 aliphatic rings. The molecule has 2 aromatic rings. The van der Waals surface area contributed by atoms with Crippen molar-refractivity contribution in [2.45, 2.75) is 42.8 Å². The van der Waals surface area contributed by atoms with Crippen LogP contribution in [0.1, 0.15) is 17.5 Å². The molecule has 2 fully saturated rings. The Morgan fingerprint density at radius 2 is 1.61 bits per heavy atom. The van der Waals surface area contributed by atoms with Crippen molar-refractivity contribution in [3.63, 3.8) is 0 Å². The number of pyridine rings is 1. The number of hydrogen-bond acceptors (Lipinski definition) is 6. The average Bonchev–Trinajstić information content (AvgIpc) is 3.22. The van der Waals surface area contributed by atoms with E-state index >= 15 is 0 Å². The van der Waals surface area contributed by atoms with Crippen molar-refractivity contribution in [2.75, 3.05) is 18.8 Å². The van der Waals surface area contributed by atoms with E-state index in [2.05, 4.69) is 16.0 Å². The molecule has 1 aromatic carbocycles. The number of likely N-dealkylation sites (tertiary alicyclic amines) is 1. The Morgan fingerprint density at radius 3 is 2.11 bits per heavy atom. The maximum absolute atomic E-state index is 13.3. The van der Waals surface area contributed by atoms with Crippen LogP contribution in [0.3, 0.4) is 0 Å². The van der Waals surface area contributed by atoms with Gasteiger partial charge in [-0.2, -0.15) is 26.3 Å². The van der Waals surface area contributed by atoms with Crippen molar-refractivity contribution in [1.82, 2.24) is 9.88 Å². The Balaban J connectivity index is 0.000000301. The minimum absolute atomic E-state index is 0.151. The van der Waals surface area contributed by atoms with Crippen LogP contribution in [-0.2, 0) is 27.5 Å². The summed E-state index contributed by atoms with van der Waals surface area (Å²) < 4.78 is 83.1. The predicted octanol–water partition coefficient (Wildman–Crippen LogP) is 4.76. The number of nitrogens with zero attached hydrogens (tertiary/aromatic N) is 2. The number of carbonyl (C=O) groups is 2. The first kappa shape index (κ1) is 31.3. The summed E-state index contributed by atoms with van der Waals surface area (Å²) in [5.74, 6) is -4.60. The largest absolute Gasteiger partial charge is 0.490 e. The number of halogens is 7. The van der Waals surface area contributed by atoms with Gasteiger partial charge in [0, 0.05) is 42.5 Å². The summed E-state index contributed by atoms with van der Waals surface area (Å²) in [6, 6.07) is 10.9. The van der Waals surface area contributed by atoms with Crippen molar-refractivity contribution < 1.29 is 55.3 Å². The molecule has 0 amide bonds. The standard InChI is InChI=1S/C19H21FN2OS.2C2HF3O2/c20-17-5-1-3-15(7-17)10-22-13-19(14-22)8-18(12-24-19)23-11-16-4-2-6-21-9-16;2*3-2(4,5)1(6)7/h1-7,9,18H,8,10-14H2;2*(H,6,7). The third-order valence-corrected chi connectivity index (χ3v) is 6.76. The molecule has 38 heavy (non-hydrogen) atoms. The van der Waals surface area contributed by atoms with E-state index in [1.807, 2.05) is 30.1 Å². The van der Waals surface area contributed by atoms with Crippen molar-refractivity contribution in [1.29, 1.82) is 0 Å². The van der Waals surface area contributed by atoms with E-state index in [1.165, 1.54) is 6.07 Å².